The normalized spacial score (nSPS) is 15.5. The van der Waals surface area contributed by atoms with E-state index in [2.05, 4.69) is 14.5 Å². The van der Waals surface area contributed by atoms with E-state index in [9.17, 15) is 17.2 Å². The first-order chi connectivity index (χ1) is 14.1. The minimum absolute atomic E-state index is 0.0694. The molecule has 164 valence electrons. The molecule has 1 fully saturated rings. The number of hydrogen-bond acceptors (Lipinski definition) is 5. The second kappa shape index (κ2) is 9.13. The summed E-state index contributed by atoms with van der Waals surface area (Å²) in [6.45, 7) is 1.97. The van der Waals surface area contributed by atoms with Crippen molar-refractivity contribution in [1.82, 2.24) is 4.90 Å². The van der Waals surface area contributed by atoms with Crippen LogP contribution in [0.1, 0.15) is 5.56 Å². The number of nitrogens with zero attached hydrogens (tertiary/aromatic N) is 3. The van der Waals surface area contributed by atoms with E-state index in [4.69, 9.17) is 23.4 Å². The van der Waals surface area contributed by atoms with Crippen LogP contribution in [0.4, 0.5) is 20.2 Å². The van der Waals surface area contributed by atoms with Crippen molar-refractivity contribution in [3.63, 3.8) is 0 Å². The second-order valence-electron chi connectivity index (χ2n) is 6.95. The van der Waals surface area contributed by atoms with Gasteiger partial charge in [-0.25, -0.2) is 0 Å². The topological polar surface area (TPSA) is 53.1 Å². The standard InChI is InChI=1S/C19H21Cl2F2N3O3S/c1-13-3-5-15(12-16(13)25-9-7-24(2)8-10-25)30(27,28)26(21)17-11-14(20)4-6-18(17)29-19(22)23/h3-6,11-12,19H,7-10H2,1-2H3. The smallest absolute Gasteiger partial charge is 0.387 e. The van der Waals surface area contributed by atoms with E-state index in [1.54, 1.807) is 12.1 Å². The fraction of sp³-hybridized carbons (Fsp3) is 0.368. The van der Waals surface area contributed by atoms with Gasteiger partial charge in [0.25, 0.3) is 10.0 Å². The quantitative estimate of drug-likeness (QED) is 0.576. The van der Waals surface area contributed by atoms with Gasteiger partial charge in [-0.15, -0.1) is 0 Å². The van der Waals surface area contributed by atoms with Crippen molar-refractivity contribution in [3.8, 4) is 5.75 Å². The van der Waals surface area contributed by atoms with E-state index in [-0.39, 0.29) is 15.6 Å². The van der Waals surface area contributed by atoms with Crippen molar-refractivity contribution in [3.05, 3.63) is 47.0 Å². The van der Waals surface area contributed by atoms with Gasteiger partial charge >= 0.3 is 6.61 Å². The molecule has 0 amide bonds. The molecule has 1 aliphatic heterocycles. The van der Waals surface area contributed by atoms with Gasteiger partial charge in [-0.2, -0.15) is 21.0 Å². The van der Waals surface area contributed by atoms with Crippen molar-refractivity contribution in [1.29, 1.82) is 0 Å². The Hall–Kier alpha value is -1.81. The third-order valence-corrected chi connectivity index (χ3v) is 7.29. The minimum atomic E-state index is -4.28. The number of aryl methyl sites for hydroxylation is 1. The SMILES string of the molecule is Cc1ccc(S(=O)(=O)N(Cl)c2cc(Cl)ccc2OC(F)F)cc1N1CCN(C)CC1. The zero-order valence-corrected chi connectivity index (χ0v) is 18.7. The van der Waals surface area contributed by atoms with Crippen LogP contribution < -0.4 is 13.5 Å². The zero-order chi connectivity index (χ0) is 22.1. The molecule has 0 spiro atoms. The summed E-state index contributed by atoms with van der Waals surface area (Å²) in [7, 11) is -2.25. The number of sulfonamides is 1. The number of likely N-dealkylation sites (N-methyl/N-ethyl adjacent to an activating group) is 1. The van der Waals surface area contributed by atoms with Gasteiger partial charge in [0.2, 0.25) is 0 Å². The molecule has 2 aromatic carbocycles. The maximum absolute atomic E-state index is 13.2. The molecule has 30 heavy (non-hydrogen) atoms. The molecule has 0 saturated carbocycles. The Balaban J connectivity index is 1.98. The lowest BCUT2D eigenvalue weighted by Gasteiger charge is -2.35. The number of hydrogen-bond donors (Lipinski definition) is 0. The first-order valence-corrected chi connectivity index (χ1v) is 11.2. The highest BCUT2D eigenvalue weighted by Crippen LogP contribution is 2.38. The van der Waals surface area contributed by atoms with Gasteiger partial charge in [0.1, 0.15) is 5.69 Å². The molecule has 0 aliphatic carbocycles. The van der Waals surface area contributed by atoms with E-state index in [1.807, 2.05) is 14.0 Å². The van der Waals surface area contributed by atoms with Gasteiger partial charge in [-0.3, -0.25) is 0 Å². The number of alkyl halides is 2. The first-order valence-electron chi connectivity index (χ1n) is 9.09. The fourth-order valence-electron chi connectivity index (χ4n) is 3.18. The van der Waals surface area contributed by atoms with E-state index < -0.39 is 22.4 Å². The van der Waals surface area contributed by atoms with Gasteiger partial charge in [0, 0.05) is 48.7 Å². The van der Waals surface area contributed by atoms with Gasteiger partial charge in [0.05, 0.1) is 4.90 Å². The van der Waals surface area contributed by atoms with E-state index in [0.717, 1.165) is 49.6 Å². The molecule has 1 saturated heterocycles. The molecule has 11 heteroatoms. The predicted octanol–water partition coefficient (Wildman–Crippen LogP) is 4.35. The van der Waals surface area contributed by atoms with E-state index in [1.165, 1.54) is 12.1 Å². The Labute approximate surface area is 184 Å². The van der Waals surface area contributed by atoms with Crippen LogP contribution in [-0.2, 0) is 10.0 Å². The minimum Gasteiger partial charge on any atom is -0.433 e. The molecule has 0 N–H and O–H groups in total. The summed E-state index contributed by atoms with van der Waals surface area (Å²) in [4.78, 5) is 4.23. The second-order valence-corrected chi connectivity index (χ2v) is 9.71. The highest BCUT2D eigenvalue weighted by atomic mass is 35.5. The summed E-state index contributed by atoms with van der Waals surface area (Å²) in [5.41, 5.74) is 1.40. The first kappa shape index (κ1) is 22.9. The van der Waals surface area contributed by atoms with Gasteiger partial charge in [-0.1, -0.05) is 17.7 Å². The van der Waals surface area contributed by atoms with Crippen LogP contribution in [0.3, 0.4) is 0 Å². The van der Waals surface area contributed by atoms with E-state index in [0.29, 0.717) is 3.82 Å². The Morgan fingerprint density at radius 2 is 1.77 bits per heavy atom. The molecule has 2 aromatic rings. The lowest BCUT2D eigenvalue weighted by molar-refractivity contribution is -0.0493. The molecule has 0 atom stereocenters. The Morgan fingerprint density at radius 1 is 1.10 bits per heavy atom. The van der Waals surface area contributed by atoms with Crippen LogP contribution in [0.15, 0.2) is 41.3 Å². The molecule has 0 aromatic heterocycles. The Morgan fingerprint density at radius 3 is 2.40 bits per heavy atom. The maximum Gasteiger partial charge on any atom is 0.387 e. The highest BCUT2D eigenvalue weighted by molar-refractivity contribution is 7.94. The summed E-state index contributed by atoms with van der Waals surface area (Å²) in [5, 5.41) is 0.120. The van der Waals surface area contributed by atoms with Crippen LogP contribution in [0, 0.1) is 6.92 Å². The molecular weight excluding hydrogens is 459 g/mol. The predicted molar refractivity (Wildman–Crippen MR) is 114 cm³/mol. The molecule has 0 radical (unpaired) electrons. The highest BCUT2D eigenvalue weighted by Gasteiger charge is 2.29. The van der Waals surface area contributed by atoms with Crippen LogP contribution >= 0.6 is 23.4 Å². The van der Waals surface area contributed by atoms with Crippen molar-refractivity contribution < 1.29 is 21.9 Å². The lowest BCUT2D eigenvalue weighted by Crippen LogP contribution is -2.44. The molecule has 1 heterocycles. The zero-order valence-electron chi connectivity index (χ0n) is 16.4. The average molecular weight is 480 g/mol. The van der Waals surface area contributed by atoms with Gasteiger partial charge < -0.3 is 14.5 Å². The number of anilines is 2. The third-order valence-electron chi connectivity index (χ3n) is 4.86. The van der Waals surface area contributed by atoms with Crippen LogP contribution in [0.2, 0.25) is 5.02 Å². The number of ether oxygens (including phenoxy) is 1. The maximum atomic E-state index is 13.2. The number of halogens is 4. The Bertz CT molecular complexity index is 1020. The molecule has 3 rings (SSSR count). The molecule has 0 unspecified atom stereocenters. The number of rotatable bonds is 6. The Kier molecular flexibility index (Phi) is 6.96. The molecule has 6 nitrogen and oxygen atoms in total. The van der Waals surface area contributed by atoms with Crippen LogP contribution in [0.5, 0.6) is 5.75 Å². The average Bonchev–Trinajstić information content (AvgIpc) is 2.69. The number of benzene rings is 2. The van der Waals surface area contributed by atoms with Crippen LogP contribution in [0.25, 0.3) is 0 Å². The van der Waals surface area contributed by atoms with Crippen molar-refractivity contribution in [2.75, 3.05) is 42.0 Å². The molecular formula is C19H21Cl2F2N3O3S. The van der Waals surface area contributed by atoms with E-state index >= 15 is 0 Å². The summed E-state index contributed by atoms with van der Waals surface area (Å²) < 4.78 is 56.6. The fourth-order valence-corrected chi connectivity index (χ4v) is 4.81. The third kappa shape index (κ3) is 4.91. The largest absolute Gasteiger partial charge is 0.433 e. The summed E-state index contributed by atoms with van der Waals surface area (Å²) in [6.07, 6.45) is 0. The van der Waals surface area contributed by atoms with Gasteiger partial charge in [0.15, 0.2) is 5.75 Å². The van der Waals surface area contributed by atoms with Crippen molar-refractivity contribution >= 4 is 44.8 Å². The van der Waals surface area contributed by atoms with Crippen LogP contribution in [-0.4, -0.2) is 53.2 Å². The monoisotopic (exact) mass is 479 g/mol. The molecule has 1 aliphatic rings. The lowest BCUT2D eigenvalue weighted by atomic mass is 10.1. The van der Waals surface area contributed by atoms with Crippen molar-refractivity contribution in [2.45, 2.75) is 18.4 Å². The number of piperazine rings is 1. The summed E-state index contributed by atoms with van der Waals surface area (Å²) in [6, 6.07) is 8.26. The van der Waals surface area contributed by atoms with Crippen molar-refractivity contribution in [2.24, 2.45) is 0 Å². The van der Waals surface area contributed by atoms with Gasteiger partial charge in [-0.05, 0) is 49.9 Å². The molecule has 0 bridgehead atoms. The summed E-state index contributed by atoms with van der Waals surface area (Å²) in [5.74, 6) is -0.403. The summed E-state index contributed by atoms with van der Waals surface area (Å²) >= 11 is 12.1.